The molecule has 0 bridgehead atoms. The molecule has 9 rings (SSSR count). The van der Waals surface area contributed by atoms with E-state index in [2.05, 4.69) is 177 Å². The van der Waals surface area contributed by atoms with Crippen LogP contribution in [-0.4, -0.2) is 13.6 Å². The first kappa shape index (κ1) is 40.4. The topological polar surface area (TPSA) is 52.6 Å². The van der Waals surface area contributed by atoms with Crippen LogP contribution in [0.2, 0.25) is 0 Å². The fraction of sp³-hybridized carbons (Fsp3) is 0.0741. The van der Waals surface area contributed by atoms with E-state index in [4.69, 9.17) is 19.1 Å². The SMILES string of the molecule is C=O.C=O.CC.Cc1ccc(-c2ccc(Oc3ccc(C4(c5ccc(Oc6ccc(-c7ccccc7)cc6)cc5)c5ccccc5-c5ccccc54)cc3)cc2)cc1. The summed E-state index contributed by atoms with van der Waals surface area (Å²) in [5.41, 5.74) is 12.8. The van der Waals surface area contributed by atoms with Crippen LogP contribution in [0.5, 0.6) is 23.0 Å². The van der Waals surface area contributed by atoms with Crippen LogP contribution in [-0.2, 0) is 15.0 Å². The van der Waals surface area contributed by atoms with Crippen LogP contribution in [0.15, 0.2) is 200 Å². The normalized spacial score (nSPS) is 11.4. The minimum absolute atomic E-state index is 0.517. The Morgan fingerprint density at radius 2 is 0.638 bits per heavy atom. The van der Waals surface area contributed by atoms with Crippen molar-refractivity contribution in [2.45, 2.75) is 26.2 Å². The Kier molecular flexibility index (Phi) is 13.2. The van der Waals surface area contributed by atoms with Gasteiger partial charge in [0.15, 0.2) is 0 Å². The zero-order valence-corrected chi connectivity index (χ0v) is 33.1. The number of ether oxygens (including phenoxy) is 2. The third kappa shape index (κ3) is 8.14. The van der Waals surface area contributed by atoms with Crippen molar-refractivity contribution < 1.29 is 19.1 Å². The highest BCUT2D eigenvalue weighted by atomic mass is 16.5. The number of carbonyl (C=O) groups is 2. The van der Waals surface area contributed by atoms with Gasteiger partial charge < -0.3 is 19.1 Å². The Bertz CT molecular complexity index is 2460. The van der Waals surface area contributed by atoms with Crippen LogP contribution in [0.1, 0.15) is 41.7 Å². The molecule has 0 aromatic heterocycles. The Labute approximate surface area is 342 Å². The van der Waals surface area contributed by atoms with Gasteiger partial charge in [-0.1, -0.05) is 171 Å². The molecule has 4 nitrogen and oxygen atoms in total. The van der Waals surface area contributed by atoms with E-state index in [0.717, 1.165) is 28.6 Å². The molecule has 0 saturated carbocycles. The number of hydrogen-bond donors (Lipinski definition) is 0. The summed E-state index contributed by atoms with van der Waals surface area (Å²) in [5, 5.41) is 0. The zero-order chi connectivity index (χ0) is 40.9. The van der Waals surface area contributed by atoms with Crippen molar-refractivity contribution in [3.63, 3.8) is 0 Å². The van der Waals surface area contributed by atoms with Crippen molar-refractivity contribution in [1.82, 2.24) is 0 Å². The summed E-state index contributed by atoms with van der Waals surface area (Å²) in [4.78, 5) is 16.0. The Morgan fingerprint density at radius 3 is 1.02 bits per heavy atom. The molecule has 8 aromatic rings. The second kappa shape index (κ2) is 19.0. The zero-order valence-electron chi connectivity index (χ0n) is 33.1. The number of aryl methyl sites for hydroxylation is 1. The first-order chi connectivity index (χ1) is 28.6. The fourth-order valence-electron chi connectivity index (χ4n) is 7.65. The molecule has 1 aliphatic rings. The van der Waals surface area contributed by atoms with Crippen molar-refractivity contribution >= 4 is 13.6 Å². The molecule has 58 heavy (non-hydrogen) atoms. The number of rotatable bonds is 8. The lowest BCUT2D eigenvalue weighted by molar-refractivity contribution is -0.0987. The minimum atomic E-state index is -0.517. The molecule has 1 aliphatic carbocycles. The van der Waals surface area contributed by atoms with Gasteiger partial charge in [0, 0.05) is 0 Å². The highest BCUT2D eigenvalue weighted by Gasteiger charge is 2.45. The Balaban J connectivity index is 0.000000905. The van der Waals surface area contributed by atoms with E-state index in [-0.39, 0.29) is 0 Å². The third-order valence-electron chi connectivity index (χ3n) is 10.2. The van der Waals surface area contributed by atoms with Gasteiger partial charge in [0.1, 0.15) is 36.6 Å². The molecule has 286 valence electrons. The van der Waals surface area contributed by atoms with E-state index in [1.807, 2.05) is 57.8 Å². The van der Waals surface area contributed by atoms with Crippen molar-refractivity contribution in [2.24, 2.45) is 0 Å². The molecule has 0 heterocycles. The molecular weight excluding hydrogens is 713 g/mol. The van der Waals surface area contributed by atoms with Gasteiger partial charge in [-0.05, 0) is 111 Å². The number of fused-ring (bicyclic) bond motifs is 3. The molecule has 0 radical (unpaired) electrons. The largest absolute Gasteiger partial charge is 0.457 e. The number of hydrogen-bond acceptors (Lipinski definition) is 4. The predicted octanol–water partition coefficient (Wildman–Crippen LogP) is 13.9. The van der Waals surface area contributed by atoms with Crippen LogP contribution in [0.3, 0.4) is 0 Å². The highest BCUT2D eigenvalue weighted by molar-refractivity contribution is 5.86. The van der Waals surface area contributed by atoms with Crippen molar-refractivity contribution in [1.29, 1.82) is 0 Å². The monoisotopic (exact) mass is 758 g/mol. The van der Waals surface area contributed by atoms with Gasteiger partial charge in [0.2, 0.25) is 0 Å². The lowest BCUT2D eigenvalue weighted by Gasteiger charge is -2.34. The average Bonchev–Trinajstić information content (AvgIpc) is 3.61. The van der Waals surface area contributed by atoms with Gasteiger partial charge >= 0.3 is 0 Å². The van der Waals surface area contributed by atoms with Crippen LogP contribution < -0.4 is 9.47 Å². The average molecular weight is 759 g/mol. The van der Waals surface area contributed by atoms with E-state index >= 15 is 0 Å². The van der Waals surface area contributed by atoms with Crippen molar-refractivity contribution in [3.05, 3.63) is 228 Å². The summed E-state index contributed by atoms with van der Waals surface area (Å²) in [6.07, 6.45) is 0. The standard InChI is InChI=1S/C50H36O2.C2H6.2CH2O/c1-35-15-17-37(18-16-35)39-21-29-43(30-22-39)52-45-33-25-41(26-34-45)50(48-13-7-5-11-46(48)47-12-6-8-14-49(47)50)40-23-31-44(32-24-40)51-42-27-19-38(20-28-42)36-9-3-2-4-10-36;3*1-2/h2-34H,1H3;1-2H3;2*1H2. The predicted molar refractivity (Wildman–Crippen MR) is 238 cm³/mol. The quantitative estimate of drug-likeness (QED) is 0.155. The molecule has 8 aromatic carbocycles. The van der Waals surface area contributed by atoms with Gasteiger partial charge in [0.05, 0.1) is 5.41 Å². The summed E-state index contributed by atoms with van der Waals surface area (Å²) in [6.45, 7) is 10.1. The van der Waals surface area contributed by atoms with E-state index in [0.29, 0.717) is 0 Å². The number of carbonyl (C=O) groups excluding carboxylic acids is 2. The van der Waals surface area contributed by atoms with Crippen LogP contribution >= 0.6 is 0 Å². The van der Waals surface area contributed by atoms with Crippen molar-refractivity contribution in [2.75, 3.05) is 0 Å². The van der Waals surface area contributed by atoms with E-state index in [1.165, 1.54) is 55.6 Å². The fourth-order valence-corrected chi connectivity index (χ4v) is 7.65. The molecule has 0 atom stereocenters. The maximum atomic E-state index is 8.00. The molecule has 0 unspecified atom stereocenters. The second-order valence-electron chi connectivity index (χ2n) is 13.4. The Hall–Kier alpha value is -7.30. The molecule has 0 fully saturated rings. The van der Waals surface area contributed by atoms with Gasteiger partial charge in [-0.25, -0.2) is 0 Å². The van der Waals surface area contributed by atoms with Crippen molar-refractivity contribution in [3.8, 4) is 56.4 Å². The summed E-state index contributed by atoms with van der Waals surface area (Å²) >= 11 is 0. The van der Waals surface area contributed by atoms with E-state index < -0.39 is 5.41 Å². The summed E-state index contributed by atoms with van der Waals surface area (Å²) in [7, 11) is 0. The lowest BCUT2D eigenvalue weighted by atomic mass is 9.68. The highest BCUT2D eigenvalue weighted by Crippen LogP contribution is 2.56. The maximum absolute atomic E-state index is 8.00. The second-order valence-corrected chi connectivity index (χ2v) is 13.4. The third-order valence-corrected chi connectivity index (χ3v) is 10.2. The van der Waals surface area contributed by atoms with E-state index in [9.17, 15) is 0 Å². The number of benzene rings is 8. The summed E-state index contributed by atoms with van der Waals surface area (Å²) in [5.74, 6) is 3.20. The minimum Gasteiger partial charge on any atom is -0.457 e. The molecule has 0 spiro atoms. The summed E-state index contributed by atoms with van der Waals surface area (Å²) in [6, 6.07) is 70.4. The van der Waals surface area contributed by atoms with Crippen LogP contribution in [0.4, 0.5) is 0 Å². The molecule has 0 saturated heterocycles. The lowest BCUT2D eigenvalue weighted by Crippen LogP contribution is -2.28. The van der Waals surface area contributed by atoms with Crippen LogP contribution in [0.25, 0.3) is 33.4 Å². The van der Waals surface area contributed by atoms with Gasteiger partial charge in [-0.2, -0.15) is 0 Å². The maximum Gasteiger partial charge on any atom is 0.127 e. The summed E-state index contributed by atoms with van der Waals surface area (Å²) < 4.78 is 12.7. The first-order valence-corrected chi connectivity index (χ1v) is 19.3. The van der Waals surface area contributed by atoms with E-state index in [1.54, 1.807) is 0 Å². The molecule has 4 heteroatoms. The van der Waals surface area contributed by atoms with Gasteiger partial charge in [-0.3, -0.25) is 0 Å². The molecule has 0 aliphatic heterocycles. The van der Waals surface area contributed by atoms with Gasteiger partial charge in [-0.15, -0.1) is 0 Å². The first-order valence-electron chi connectivity index (χ1n) is 19.3. The molecular formula is C54H46O4. The Morgan fingerprint density at radius 1 is 0.345 bits per heavy atom. The van der Waals surface area contributed by atoms with Crippen LogP contribution in [0, 0.1) is 6.92 Å². The molecule has 0 amide bonds. The van der Waals surface area contributed by atoms with Gasteiger partial charge in [0.25, 0.3) is 0 Å². The molecule has 0 N–H and O–H groups in total. The smallest absolute Gasteiger partial charge is 0.127 e.